The largest absolute Gasteiger partial charge is 0.350 e. The van der Waals surface area contributed by atoms with E-state index in [-0.39, 0.29) is 5.91 Å². The van der Waals surface area contributed by atoms with Crippen molar-refractivity contribution in [2.45, 2.75) is 27.7 Å². The monoisotopic (exact) mass is 285 g/mol. The minimum Gasteiger partial charge on any atom is -0.350 e. The van der Waals surface area contributed by atoms with Gasteiger partial charge in [-0.2, -0.15) is 0 Å². The van der Waals surface area contributed by atoms with Crippen molar-refractivity contribution >= 4 is 16.9 Å². The quantitative estimate of drug-likeness (QED) is 0.917. The molecule has 0 atom stereocenters. The summed E-state index contributed by atoms with van der Waals surface area (Å²) >= 11 is 0. The summed E-state index contributed by atoms with van der Waals surface area (Å²) in [6, 6.07) is 7.56. The maximum atomic E-state index is 12.2. The van der Waals surface area contributed by atoms with Crippen LogP contribution >= 0.6 is 0 Å². The van der Waals surface area contributed by atoms with E-state index in [0.717, 1.165) is 11.0 Å². The first kappa shape index (κ1) is 15.4. The molecule has 4 nitrogen and oxygen atoms in total. The fourth-order valence-electron chi connectivity index (χ4n) is 2.61. The summed E-state index contributed by atoms with van der Waals surface area (Å²) in [6.07, 6.45) is 1.54. The van der Waals surface area contributed by atoms with Gasteiger partial charge in [-0.05, 0) is 29.9 Å². The summed E-state index contributed by atoms with van der Waals surface area (Å²) in [7, 11) is 0. The van der Waals surface area contributed by atoms with Gasteiger partial charge in [0.05, 0.1) is 17.2 Å². The highest BCUT2D eigenvalue weighted by Crippen LogP contribution is 2.19. The van der Waals surface area contributed by atoms with Gasteiger partial charge in [-0.25, -0.2) is 4.98 Å². The van der Waals surface area contributed by atoms with Crippen LogP contribution in [0.1, 0.15) is 38.2 Å². The number of nitrogens with one attached hydrogen (secondary N) is 1. The van der Waals surface area contributed by atoms with Crippen molar-refractivity contribution in [1.82, 2.24) is 15.3 Å². The molecule has 2 rings (SSSR count). The number of benzene rings is 1. The Morgan fingerprint density at radius 2 is 1.71 bits per heavy atom. The first-order valence-electron chi connectivity index (χ1n) is 7.49. The molecule has 0 saturated heterocycles. The highest BCUT2D eigenvalue weighted by molar-refractivity contribution is 5.93. The Kier molecular flexibility index (Phi) is 4.89. The number of aromatic nitrogens is 2. The van der Waals surface area contributed by atoms with Gasteiger partial charge in [0.25, 0.3) is 5.91 Å². The van der Waals surface area contributed by atoms with Crippen LogP contribution in [0.3, 0.4) is 0 Å². The van der Waals surface area contributed by atoms with Gasteiger partial charge >= 0.3 is 0 Å². The van der Waals surface area contributed by atoms with E-state index in [1.807, 2.05) is 24.3 Å². The number of fused-ring (bicyclic) bond motifs is 1. The Bertz CT molecular complexity index is 614. The van der Waals surface area contributed by atoms with Crippen molar-refractivity contribution < 1.29 is 4.79 Å². The lowest BCUT2D eigenvalue weighted by molar-refractivity contribution is 0.0932. The van der Waals surface area contributed by atoms with Crippen LogP contribution in [0, 0.1) is 17.8 Å². The molecule has 1 amide bonds. The molecular weight excluding hydrogens is 262 g/mol. The molecule has 1 heterocycles. The van der Waals surface area contributed by atoms with Crippen LogP contribution in [0.5, 0.6) is 0 Å². The number of hydrogen-bond donors (Lipinski definition) is 1. The molecule has 0 spiro atoms. The van der Waals surface area contributed by atoms with Gasteiger partial charge in [-0.15, -0.1) is 0 Å². The maximum absolute atomic E-state index is 12.2. The first-order valence-corrected chi connectivity index (χ1v) is 7.49. The van der Waals surface area contributed by atoms with Gasteiger partial charge in [-0.1, -0.05) is 39.8 Å². The molecule has 1 aromatic heterocycles. The van der Waals surface area contributed by atoms with E-state index in [1.54, 1.807) is 0 Å². The molecule has 0 unspecified atom stereocenters. The molecule has 0 fully saturated rings. The van der Waals surface area contributed by atoms with Crippen LogP contribution in [-0.2, 0) is 0 Å². The van der Waals surface area contributed by atoms with Crippen LogP contribution < -0.4 is 5.32 Å². The molecule has 0 aliphatic rings. The van der Waals surface area contributed by atoms with Gasteiger partial charge in [0, 0.05) is 6.54 Å². The molecule has 0 radical (unpaired) electrons. The summed E-state index contributed by atoms with van der Waals surface area (Å²) in [4.78, 5) is 20.9. The normalized spacial score (nSPS) is 11.6. The second-order valence-corrected chi connectivity index (χ2v) is 6.11. The van der Waals surface area contributed by atoms with E-state index in [2.05, 4.69) is 43.0 Å². The van der Waals surface area contributed by atoms with Crippen LogP contribution in [-0.4, -0.2) is 22.4 Å². The van der Waals surface area contributed by atoms with Gasteiger partial charge in [0.15, 0.2) is 0 Å². The van der Waals surface area contributed by atoms with E-state index >= 15 is 0 Å². The summed E-state index contributed by atoms with van der Waals surface area (Å²) in [6.45, 7) is 9.42. The van der Waals surface area contributed by atoms with E-state index < -0.39 is 0 Å². The van der Waals surface area contributed by atoms with Crippen molar-refractivity contribution in [2.75, 3.05) is 6.54 Å². The Morgan fingerprint density at radius 1 is 1.10 bits per heavy atom. The average Bonchev–Trinajstić information content (AvgIpc) is 2.46. The molecular formula is C17H23N3O. The molecule has 112 valence electrons. The Balaban J connectivity index is 2.08. The zero-order valence-corrected chi connectivity index (χ0v) is 13.1. The van der Waals surface area contributed by atoms with Crippen molar-refractivity contribution in [3.8, 4) is 0 Å². The first-order chi connectivity index (χ1) is 9.99. The molecule has 0 aliphatic heterocycles. The molecule has 21 heavy (non-hydrogen) atoms. The second kappa shape index (κ2) is 6.66. The standard InChI is InChI=1S/C17H23N3O/c1-11(2)13(12(3)4)9-19-17(21)16-10-18-14-7-5-6-8-15(14)20-16/h5-8,10-13H,9H2,1-4H3,(H,19,21). The number of carbonyl (C=O) groups excluding carboxylic acids is 1. The lowest BCUT2D eigenvalue weighted by Crippen LogP contribution is -2.34. The summed E-state index contributed by atoms with van der Waals surface area (Å²) in [5.74, 6) is 1.38. The fraction of sp³-hybridized carbons (Fsp3) is 0.471. The topological polar surface area (TPSA) is 54.9 Å². The zero-order chi connectivity index (χ0) is 15.4. The molecule has 2 aromatic rings. The summed E-state index contributed by atoms with van der Waals surface area (Å²) in [5, 5.41) is 2.98. The fourth-order valence-corrected chi connectivity index (χ4v) is 2.61. The third-order valence-electron chi connectivity index (χ3n) is 3.89. The molecule has 0 bridgehead atoms. The third kappa shape index (κ3) is 3.78. The predicted octanol–water partition coefficient (Wildman–Crippen LogP) is 3.29. The Morgan fingerprint density at radius 3 is 2.33 bits per heavy atom. The van der Waals surface area contributed by atoms with Gasteiger partial charge in [0.1, 0.15) is 5.69 Å². The van der Waals surface area contributed by atoms with Crippen molar-refractivity contribution in [2.24, 2.45) is 17.8 Å². The van der Waals surface area contributed by atoms with Gasteiger partial charge < -0.3 is 5.32 Å². The third-order valence-corrected chi connectivity index (χ3v) is 3.89. The SMILES string of the molecule is CC(C)C(CNC(=O)c1cnc2ccccc2n1)C(C)C. The number of carbonyl (C=O) groups is 1. The second-order valence-electron chi connectivity index (χ2n) is 6.11. The molecule has 1 N–H and O–H groups in total. The van der Waals surface area contributed by atoms with Gasteiger partial charge in [0.2, 0.25) is 0 Å². The smallest absolute Gasteiger partial charge is 0.271 e. The number of rotatable bonds is 5. The molecule has 0 saturated carbocycles. The Labute approximate surface area is 126 Å². The number of hydrogen-bond acceptors (Lipinski definition) is 3. The minimum absolute atomic E-state index is 0.153. The summed E-state index contributed by atoms with van der Waals surface area (Å²) in [5.41, 5.74) is 1.92. The predicted molar refractivity (Wildman–Crippen MR) is 85.0 cm³/mol. The Hall–Kier alpha value is -1.97. The average molecular weight is 285 g/mol. The number of nitrogens with zero attached hydrogens (tertiary/aromatic N) is 2. The number of para-hydroxylation sites is 2. The van der Waals surface area contributed by atoms with Crippen LogP contribution in [0.25, 0.3) is 11.0 Å². The molecule has 0 aliphatic carbocycles. The lowest BCUT2D eigenvalue weighted by atomic mass is 9.85. The van der Waals surface area contributed by atoms with Crippen molar-refractivity contribution in [3.63, 3.8) is 0 Å². The highest BCUT2D eigenvalue weighted by atomic mass is 16.1. The van der Waals surface area contributed by atoms with E-state index in [1.165, 1.54) is 6.20 Å². The van der Waals surface area contributed by atoms with Crippen molar-refractivity contribution in [3.05, 3.63) is 36.2 Å². The minimum atomic E-state index is -0.153. The van der Waals surface area contributed by atoms with E-state index in [4.69, 9.17) is 0 Å². The zero-order valence-electron chi connectivity index (χ0n) is 13.1. The highest BCUT2D eigenvalue weighted by Gasteiger charge is 2.19. The number of amides is 1. The van der Waals surface area contributed by atoms with Crippen LogP contribution in [0.15, 0.2) is 30.5 Å². The summed E-state index contributed by atoms with van der Waals surface area (Å²) < 4.78 is 0. The van der Waals surface area contributed by atoms with Gasteiger partial charge in [-0.3, -0.25) is 9.78 Å². The van der Waals surface area contributed by atoms with Crippen LogP contribution in [0.4, 0.5) is 0 Å². The van der Waals surface area contributed by atoms with Crippen LogP contribution in [0.2, 0.25) is 0 Å². The molecule has 4 heteroatoms. The van der Waals surface area contributed by atoms with Crippen molar-refractivity contribution in [1.29, 1.82) is 0 Å². The van der Waals surface area contributed by atoms with E-state index in [9.17, 15) is 4.79 Å². The van der Waals surface area contributed by atoms with E-state index in [0.29, 0.717) is 30.0 Å². The maximum Gasteiger partial charge on any atom is 0.271 e. The lowest BCUT2D eigenvalue weighted by Gasteiger charge is -2.24. The molecule has 1 aromatic carbocycles.